The van der Waals surface area contributed by atoms with E-state index in [0.717, 1.165) is 26.9 Å². The molecule has 0 spiro atoms. The van der Waals surface area contributed by atoms with Gasteiger partial charge in [-0.2, -0.15) is 0 Å². The molecule has 5 heteroatoms. The highest BCUT2D eigenvalue weighted by molar-refractivity contribution is 8.10. The number of carbonyl (C=O) groups is 1. The number of rotatable bonds is 2. The summed E-state index contributed by atoms with van der Waals surface area (Å²) in [6, 6.07) is 14.2. The zero-order valence-electron chi connectivity index (χ0n) is 11.0. The Bertz CT molecular complexity index is 735. The lowest BCUT2D eigenvalue weighted by Gasteiger charge is -2.20. The Morgan fingerprint density at radius 3 is 2.60 bits per heavy atom. The van der Waals surface area contributed by atoms with E-state index < -0.39 is 10.9 Å². The molecule has 102 valence electrons. The fraction of sp³-hybridized carbons (Fsp3) is 0.133. The van der Waals surface area contributed by atoms with Gasteiger partial charge < -0.3 is 11.1 Å². The average Bonchev–Trinajstić information content (AvgIpc) is 2.75. The molecular weight excluding hydrogens is 270 g/mol. The van der Waals surface area contributed by atoms with Crippen LogP contribution in [-0.2, 0) is 4.79 Å². The molecule has 4 nitrogen and oxygen atoms in total. The van der Waals surface area contributed by atoms with E-state index >= 15 is 0 Å². The summed E-state index contributed by atoms with van der Waals surface area (Å²) in [6.07, 6.45) is 0. The third-order valence-electron chi connectivity index (χ3n) is 3.38. The molecule has 0 saturated heterocycles. The van der Waals surface area contributed by atoms with E-state index in [1.54, 1.807) is 0 Å². The molecule has 0 radical (unpaired) electrons. The first-order valence-corrected chi connectivity index (χ1v) is 7.08. The first-order chi connectivity index (χ1) is 9.51. The third kappa shape index (κ3) is 1.95. The highest BCUT2D eigenvalue weighted by atomic mass is 32.2. The van der Waals surface area contributed by atoms with E-state index in [2.05, 4.69) is 23.5 Å². The Morgan fingerprint density at radius 1 is 1.20 bits per heavy atom. The molecule has 1 atom stereocenters. The predicted molar refractivity (Wildman–Crippen MR) is 83.4 cm³/mol. The van der Waals surface area contributed by atoms with Gasteiger partial charge >= 0.3 is 0 Å². The maximum Gasteiger partial charge on any atom is 0.269 e. The highest BCUT2D eigenvalue weighted by Gasteiger charge is 2.40. The standard InChI is InChI=1S/C15H15N3OS/c1-9-13(20-15(17,18-9)14(16)19)12-8-4-6-10-5-2-3-7-11(10)12/h2-8,18H,17H2,1H3,(H2,16,19). The molecule has 0 saturated carbocycles. The van der Waals surface area contributed by atoms with Gasteiger partial charge in [0.2, 0.25) is 4.99 Å². The number of amides is 1. The lowest BCUT2D eigenvalue weighted by Crippen LogP contribution is -2.56. The van der Waals surface area contributed by atoms with E-state index in [-0.39, 0.29) is 0 Å². The lowest BCUT2D eigenvalue weighted by molar-refractivity contribution is -0.120. The number of hydrogen-bond acceptors (Lipinski definition) is 4. The minimum atomic E-state index is -1.27. The van der Waals surface area contributed by atoms with Crippen molar-refractivity contribution in [3.63, 3.8) is 0 Å². The summed E-state index contributed by atoms with van der Waals surface area (Å²) >= 11 is 1.27. The minimum Gasteiger partial charge on any atom is -0.366 e. The van der Waals surface area contributed by atoms with Gasteiger partial charge in [0.25, 0.3) is 5.91 Å². The second-order valence-electron chi connectivity index (χ2n) is 4.81. The van der Waals surface area contributed by atoms with Gasteiger partial charge in [-0.05, 0) is 23.3 Å². The number of carbonyl (C=O) groups excluding carboxylic acids is 1. The van der Waals surface area contributed by atoms with Crippen LogP contribution in [0.15, 0.2) is 48.2 Å². The zero-order chi connectivity index (χ0) is 14.3. The first kappa shape index (κ1) is 13.0. The Kier molecular flexibility index (Phi) is 2.96. The van der Waals surface area contributed by atoms with Gasteiger partial charge in [-0.25, -0.2) is 0 Å². The van der Waals surface area contributed by atoms with E-state index in [1.807, 2.05) is 31.2 Å². The number of hydrogen-bond donors (Lipinski definition) is 3. The number of fused-ring (bicyclic) bond motifs is 1. The number of primary amides is 1. The van der Waals surface area contributed by atoms with Gasteiger partial charge in [-0.1, -0.05) is 54.2 Å². The van der Waals surface area contributed by atoms with Gasteiger partial charge in [0.05, 0.1) is 0 Å². The van der Waals surface area contributed by atoms with Crippen LogP contribution >= 0.6 is 11.8 Å². The van der Waals surface area contributed by atoms with Crippen molar-refractivity contribution in [1.82, 2.24) is 5.32 Å². The van der Waals surface area contributed by atoms with Crippen molar-refractivity contribution in [2.24, 2.45) is 11.5 Å². The van der Waals surface area contributed by atoms with E-state index in [1.165, 1.54) is 11.8 Å². The first-order valence-electron chi connectivity index (χ1n) is 6.26. The van der Waals surface area contributed by atoms with E-state index in [0.29, 0.717) is 0 Å². The van der Waals surface area contributed by atoms with E-state index in [4.69, 9.17) is 11.5 Å². The third-order valence-corrected chi connectivity index (χ3v) is 4.73. The SMILES string of the molecule is CC1=C(c2cccc3ccccc23)SC(N)(C(N)=O)N1. The quantitative estimate of drug-likeness (QED) is 0.788. The zero-order valence-corrected chi connectivity index (χ0v) is 11.8. The maximum absolute atomic E-state index is 11.5. The molecule has 1 heterocycles. The summed E-state index contributed by atoms with van der Waals surface area (Å²) < 4.78 is 0. The molecule has 2 aromatic rings. The Hall–Kier alpha value is -1.98. The molecule has 1 amide bonds. The Balaban J connectivity index is 2.13. The van der Waals surface area contributed by atoms with Crippen LogP contribution in [0.2, 0.25) is 0 Å². The normalized spacial score (nSPS) is 22.1. The monoisotopic (exact) mass is 285 g/mol. The summed E-state index contributed by atoms with van der Waals surface area (Å²) in [7, 11) is 0. The van der Waals surface area contributed by atoms with E-state index in [9.17, 15) is 4.79 Å². The molecule has 0 bridgehead atoms. The number of nitrogens with one attached hydrogen (secondary N) is 1. The molecule has 2 aromatic carbocycles. The molecule has 1 aliphatic heterocycles. The van der Waals surface area contributed by atoms with Crippen molar-refractivity contribution in [3.8, 4) is 0 Å². The fourth-order valence-electron chi connectivity index (χ4n) is 2.39. The molecule has 1 aliphatic rings. The topological polar surface area (TPSA) is 81.1 Å². The van der Waals surface area contributed by atoms with Crippen molar-refractivity contribution in [2.45, 2.75) is 11.9 Å². The second-order valence-corrected chi connectivity index (χ2v) is 6.06. The van der Waals surface area contributed by atoms with Crippen molar-refractivity contribution in [1.29, 1.82) is 0 Å². The van der Waals surface area contributed by atoms with Gasteiger partial charge in [0, 0.05) is 10.6 Å². The van der Waals surface area contributed by atoms with Crippen molar-refractivity contribution in [2.75, 3.05) is 0 Å². The highest BCUT2D eigenvalue weighted by Crippen LogP contribution is 2.43. The van der Waals surface area contributed by atoms with Crippen LogP contribution in [0, 0.1) is 0 Å². The minimum absolute atomic E-state index is 0.572. The number of thioether (sulfide) groups is 1. The second kappa shape index (κ2) is 4.54. The van der Waals surface area contributed by atoms with Gasteiger partial charge in [0.1, 0.15) is 0 Å². The molecule has 5 N–H and O–H groups in total. The Morgan fingerprint density at radius 2 is 1.90 bits per heavy atom. The molecule has 1 unspecified atom stereocenters. The molecule has 3 rings (SSSR count). The smallest absolute Gasteiger partial charge is 0.269 e. The molecule has 0 aromatic heterocycles. The van der Waals surface area contributed by atoms with Crippen LogP contribution in [0.1, 0.15) is 12.5 Å². The van der Waals surface area contributed by atoms with Crippen molar-refractivity contribution >= 4 is 33.3 Å². The summed E-state index contributed by atoms with van der Waals surface area (Å²) in [5.74, 6) is -0.572. The van der Waals surface area contributed by atoms with Crippen LogP contribution in [0.5, 0.6) is 0 Å². The summed E-state index contributed by atoms with van der Waals surface area (Å²) in [5, 5.41) is 5.27. The number of allylic oxidation sites excluding steroid dienone is 1. The number of nitrogens with two attached hydrogens (primary N) is 2. The van der Waals surface area contributed by atoms with Gasteiger partial charge in [0.15, 0.2) is 0 Å². The van der Waals surface area contributed by atoms with Crippen molar-refractivity contribution in [3.05, 3.63) is 53.7 Å². The van der Waals surface area contributed by atoms with Gasteiger partial charge in [-0.3, -0.25) is 10.5 Å². The van der Waals surface area contributed by atoms with Crippen LogP contribution in [0.3, 0.4) is 0 Å². The van der Waals surface area contributed by atoms with Crippen LogP contribution in [0.4, 0.5) is 0 Å². The van der Waals surface area contributed by atoms with Crippen LogP contribution < -0.4 is 16.8 Å². The molecular formula is C15H15N3OS. The fourth-order valence-corrected chi connectivity index (χ4v) is 3.51. The summed E-state index contributed by atoms with van der Waals surface area (Å²) in [6.45, 7) is 1.90. The Labute approximate surface area is 121 Å². The predicted octanol–water partition coefficient (Wildman–Crippen LogP) is 1.96. The van der Waals surface area contributed by atoms with Gasteiger partial charge in [-0.15, -0.1) is 0 Å². The summed E-state index contributed by atoms with van der Waals surface area (Å²) in [5.41, 5.74) is 13.3. The lowest BCUT2D eigenvalue weighted by atomic mass is 10.0. The molecule has 0 aliphatic carbocycles. The average molecular weight is 285 g/mol. The maximum atomic E-state index is 11.5. The number of benzene rings is 2. The summed E-state index contributed by atoms with van der Waals surface area (Å²) in [4.78, 5) is 11.2. The largest absolute Gasteiger partial charge is 0.366 e. The molecule has 0 fully saturated rings. The molecule has 20 heavy (non-hydrogen) atoms. The van der Waals surface area contributed by atoms with Crippen LogP contribution in [0.25, 0.3) is 15.7 Å². The van der Waals surface area contributed by atoms with Crippen molar-refractivity contribution < 1.29 is 4.79 Å². The van der Waals surface area contributed by atoms with Crippen LogP contribution in [-0.4, -0.2) is 10.9 Å².